The lowest BCUT2D eigenvalue weighted by atomic mass is 10.2. The first kappa shape index (κ1) is 11.3. The zero-order valence-corrected chi connectivity index (χ0v) is 9.56. The first-order chi connectivity index (χ1) is 7.66. The molecule has 0 aliphatic heterocycles. The molecule has 88 valence electrons. The van der Waals surface area contributed by atoms with Crippen molar-refractivity contribution < 1.29 is 9.13 Å². The molecule has 5 heteroatoms. The van der Waals surface area contributed by atoms with Crippen molar-refractivity contribution in [2.24, 2.45) is 0 Å². The van der Waals surface area contributed by atoms with Crippen molar-refractivity contribution in [1.82, 2.24) is 14.9 Å². The highest BCUT2D eigenvalue weighted by atomic mass is 19.1. The first-order valence-corrected chi connectivity index (χ1v) is 5.47. The molecule has 1 saturated carbocycles. The Morgan fingerprint density at radius 3 is 2.62 bits per heavy atom. The fraction of sp³-hybridized carbons (Fsp3) is 0.636. The van der Waals surface area contributed by atoms with Gasteiger partial charge in [-0.2, -0.15) is 0 Å². The van der Waals surface area contributed by atoms with E-state index in [1.165, 1.54) is 0 Å². The van der Waals surface area contributed by atoms with Gasteiger partial charge in [-0.25, -0.2) is 14.4 Å². The fourth-order valence-electron chi connectivity index (χ4n) is 2.13. The zero-order chi connectivity index (χ0) is 11.5. The minimum Gasteiger partial charge on any atom is -0.458 e. The Labute approximate surface area is 94.5 Å². The molecule has 1 aliphatic carbocycles. The predicted octanol–water partition coefficient (Wildman–Crippen LogP) is 1.48. The van der Waals surface area contributed by atoms with Gasteiger partial charge in [0.1, 0.15) is 6.10 Å². The standard InChI is InChI=1S/C11H16FN3O/c1-15(2)9-4-3-5-10(9)16-11-13-6-8(12)7-14-11/h6-7,9-10H,3-5H2,1-2H3. The molecule has 0 amide bonds. The van der Waals surface area contributed by atoms with Crippen LogP contribution in [0.5, 0.6) is 6.01 Å². The Bertz CT molecular complexity index is 342. The third-order valence-electron chi connectivity index (χ3n) is 2.93. The second kappa shape index (κ2) is 4.74. The number of hydrogen-bond donors (Lipinski definition) is 0. The van der Waals surface area contributed by atoms with Crippen molar-refractivity contribution >= 4 is 0 Å². The molecule has 1 aliphatic rings. The number of aromatic nitrogens is 2. The highest BCUT2D eigenvalue weighted by Gasteiger charge is 2.31. The van der Waals surface area contributed by atoms with E-state index in [1.807, 2.05) is 14.1 Å². The molecule has 2 rings (SSSR count). The summed E-state index contributed by atoms with van der Waals surface area (Å²) in [7, 11) is 4.08. The molecule has 1 heterocycles. The lowest BCUT2D eigenvalue weighted by Gasteiger charge is -2.25. The van der Waals surface area contributed by atoms with Crippen LogP contribution in [0.3, 0.4) is 0 Å². The zero-order valence-electron chi connectivity index (χ0n) is 9.56. The molecule has 0 radical (unpaired) electrons. The molecule has 0 saturated heterocycles. The molecule has 2 unspecified atom stereocenters. The molecule has 1 aromatic heterocycles. The summed E-state index contributed by atoms with van der Waals surface area (Å²) >= 11 is 0. The molecule has 1 fully saturated rings. The monoisotopic (exact) mass is 225 g/mol. The fourth-order valence-corrected chi connectivity index (χ4v) is 2.13. The Kier molecular flexibility index (Phi) is 3.33. The number of nitrogens with zero attached hydrogens (tertiary/aromatic N) is 3. The van der Waals surface area contributed by atoms with E-state index < -0.39 is 5.82 Å². The van der Waals surface area contributed by atoms with E-state index in [0.29, 0.717) is 6.04 Å². The molecule has 0 bridgehead atoms. The van der Waals surface area contributed by atoms with Gasteiger partial charge in [0, 0.05) is 6.04 Å². The molecule has 0 spiro atoms. The molecule has 16 heavy (non-hydrogen) atoms. The maximum Gasteiger partial charge on any atom is 0.316 e. The van der Waals surface area contributed by atoms with Crippen molar-refractivity contribution in [1.29, 1.82) is 0 Å². The van der Waals surface area contributed by atoms with Crippen LogP contribution in [-0.2, 0) is 0 Å². The summed E-state index contributed by atoms with van der Waals surface area (Å²) in [5.74, 6) is -0.442. The van der Waals surface area contributed by atoms with E-state index in [1.54, 1.807) is 0 Å². The highest BCUT2D eigenvalue weighted by Crippen LogP contribution is 2.25. The number of likely N-dealkylation sites (N-methyl/N-ethyl adjacent to an activating group) is 1. The van der Waals surface area contributed by atoms with Crippen LogP contribution in [0.25, 0.3) is 0 Å². The normalized spacial score (nSPS) is 25.0. The third kappa shape index (κ3) is 2.47. The van der Waals surface area contributed by atoms with Crippen molar-refractivity contribution in [2.75, 3.05) is 14.1 Å². The van der Waals surface area contributed by atoms with E-state index in [9.17, 15) is 4.39 Å². The van der Waals surface area contributed by atoms with Crippen LogP contribution in [-0.4, -0.2) is 41.1 Å². The summed E-state index contributed by atoms with van der Waals surface area (Å²) < 4.78 is 18.3. The van der Waals surface area contributed by atoms with E-state index in [-0.39, 0.29) is 12.1 Å². The van der Waals surface area contributed by atoms with Gasteiger partial charge in [-0.15, -0.1) is 0 Å². The van der Waals surface area contributed by atoms with E-state index in [0.717, 1.165) is 31.7 Å². The molecule has 1 aromatic rings. The Morgan fingerprint density at radius 1 is 1.31 bits per heavy atom. The van der Waals surface area contributed by atoms with Crippen LogP contribution < -0.4 is 4.74 Å². The smallest absolute Gasteiger partial charge is 0.316 e. The predicted molar refractivity (Wildman–Crippen MR) is 57.7 cm³/mol. The third-order valence-corrected chi connectivity index (χ3v) is 2.93. The van der Waals surface area contributed by atoms with Gasteiger partial charge in [0.2, 0.25) is 0 Å². The summed E-state index contributed by atoms with van der Waals surface area (Å²) in [5.41, 5.74) is 0. The number of hydrogen-bond acceptors (Lipinski definition) is 4. The first-order valence-electron chi connectivity index (χ1n) is 5.47. The van der Waals surface area contributed by atoms with Gasteiger partial charge in [0.05, 0.1) is 12.4 Å². The lowest BCUT2D eigenvalue weighted by molar-refractivity contribution is 0.111. The number of rotatable bonds is 3. The average molecular weight is 225 g/mol. The van der Waals surface area contributed by atoms with Gasteiger partial charge in [0.25, 0.3) is 0 Å². The molecular weight excluding hydrogens is 209 g/mol. The van der Waals surface area contributed by atoms with Crippen LogP contribution in [0, 0.1) is 5.82 Å². The van der Waals surface area contributed by atoms with Crippen molar-refractivity contribution in [2.45, 2.75) is 31.4 Å². The molecule has 0 N–H and O–H groups in total. The Hall–Kier alpha value is -1.23. The van der Waals surface area contributed by atoms with Gasteiger partial charge in [-0.05, 0) is 33.4 Å². The average Bonchev–Trinajstić information content (AvgIpc) is 2.69. The van der Waals surface area contributed by atoms with Crippen LogP contribution in [0.4, 0.5) is 4.39 Å². The largest absolute Gasteiger partial charge is 0.458 e. The summed E-state index contributed by atoms with van der Waals surface area (Å²) in [5, 5.41) is 0. The van der Waals surface area contributed by atoms with Crippen LogP contribution in [0.1, 0.15) is 19.3 Å². The Balaban J connectivity index is 2.01. The maximum atomic E-state index is 12.6. The molecule has 2 atom stereocenters. The van der Waals surface area contributed by atoms with Gasteiger partial charge in [-0.1, -0.05) is 0 Å². The van der Waals surface area contributed by atoms with E-state index in [2.05, 4.69) is 14.9 Å². The molecule has 4 nitrogen and oxygen atoms in total. The topological polar surface area (TPSA) is 38.2 Å². The lowest BCUT2D eigenvalue weighted by Crippen LogP contribution is -2.38. The minimum atomic E-state index is -0.442. The van der Waals surface area contributed by atoms with Crippen molar-refractivity contribution in [3.63, 3.8) is 0 Å². The SMILES string of the molecule is CN(C)C1CCCC1Oc1ncc(F)cn1. The summed E-state index contributed by atoms with van der Waals surface area (Å²) in [4.78, 5) is 9.77. The van der Waals surface area contributed by atoms with Crippen LogP contribution in [0.2, 0.25) is 0 Å². The van der Waals surface area contributed by atoms with Gasteiger partial charge in [0.15, 0.2) is 5.82 Å². The van der Waals surface area contributed by atoms with Crippen molar-refractivity contribution in [3.8, 4) is 6.01 Å². The molecular formula is C11H16FN3O. The van der Waals surface area contributed by atoms with E-state index >= 15 is 0 Å². The second-order valence-electron chi connectivity index (χ2n) is 4.30. The molecule has 0 aromatic carbocycles. The quantitative estimate of drug-likeness (QED) is 0.781. The highest BCUT2D eigenvalue weighted by molar-refractivity contribution is 4.98. The van der Waals surface area contributed by atoms with Crippen LogP contribution >= 0.6 is 0 Å². The minimum absolute atomic E-state index is 0.112. The van der Waals surface area contributed by atoms with Crippen LogP contribution in [0.15, 0.2) is 12.4 Å². The number of ether oxygens (including phenoxy) is 1. The van der Waals surface area contributed by atoms with Gasteiger partial charge >= 0.3 is 6.01 Å². The van der Waals surface area contributed by atoms with Gasteiger partial charge in [-0.3, -0.25) is 0 Å². The summed E-state index contributed by atoms with van der Waals surface area (Å²) in [6.45, 7) is 0. The number of halogens is 1. The van der Waals surface area contributed by atoms with E-state index in [4.69, 9.17) is 4.74 Å². The summed E-state index contributed by atoms with van der Waals surface area (Å²) in [6, 6.07) is 0.661. The summed E-state index contributed by atoms with van der Waals surface area (Å²) in [6.07, 6.45) is 5.64. The maximum absolute atomic E-state index is 12.6. The van der Waals surface area contributed by atoms with Gasteiger partial charge < -0.3 is 9.64 Å². The Morgan fingerprint density at radius 2 is 2.00 bits per heavy atom. The van der Waals surface area contributed by atoms with Crippen molar-refractivity contribution in [3.05, 3.63) is 18.2 Å². The second-order valence-corrected chi connectivity index (χ2v) is 4.30.